The Balaban J connectivity index is 3.15. The zero-order chi connectivity index (χ0) is 11.6. The minimum absolute atomic E-state index is 0.177. The Labute approximate surface area is 115 Å². The van der Waals surface area contributed by atoms with Gasteiger partial charge in [-0.15, -0.1) is 11.3 Å². The van der Waals surface area contributed by atoms with E-state index in [1.54, 1.807) is 5.38 Å². The third kappa shape index (κ3) is 3.29. The first-order valence-electron chi connectivity index (χ1n) is 3.46. The molecule has 0 amide bonds. The molecule has 1 heterocycles. The molecule has 8 heteroatoms. The first-order chi connectivity index (χ1) is 6.88. The van der Waals surface area contributed by atoms with Gasteiger partial charge in [-0.25, -0.2) is 0 Å². The van der Waals surface area contributed by atoms with Crippen molar-refractivity contribution in [3.63, 3.8) is 0 Å². The van der Waals surface area contributed by atoms with Crippen LogP contribution in [-0.4, -0.2) is 10.3 Å². The van der Waals surface area contributed by atoms with E-state index in [0.29, 0.717) is 14.9 Å². The van der Waals surface area contributed by atoms with Crippen LogP contribution < -0.4 is 0 Å². The van der Waals surface area contributed by atoms with E-state index < -0.39 is 9.90 Å². The van der Waals surface area contributed by atoms with Crippen LogP contribution in [0.4, 0.5) is 0 Å². The third-order valence-electron chi connectivity index (χ3n) is 1.49. The van der Waals surface area contributed by atoms with E-state index >= 15 is 0 Å². The predicted molar refractivity (Wildman–Crippen MR) is 64.5 cm³/mol. The molecule has 0 aromatic carbocycles. The zero-order valence-electron chi connectivity index (χ0n) is 6.85. The van der Waals surface area contributed by atoms with Crippen molar-refractivity contribution in [3.8, 4) is 0 Å². The average Bonchev–Trinajstić information content (AvgIpc) is 2.41. The minimum Gasteiger partial charge on any atom is -0.455 e. The van der Waals surface area contributed by atoms with Gasteiger partial charge in [0.1, 0.15) is 4.34 Å². The standard InChI is InChI=1S/C7H3Cl5O2S/c8-3-1-15-6(9)4(3)5(14-2-13)7(10,11)12/h1-2,5H. The van der Waals surface area contributed by atoms with Gasteiger partial charge in [-0.2, -0.15) is 0 Å². The van der Waals surface area contributed by atoms with E-state index in [1.807, 2.05) is 0 Å². The lowest BCUT2D eigenvalue weighted by molar-refractivity contribution is -0.133. The van der Waals surface area contributed by atoms with E-state index in [0.717, 1.165) is 11.3 Å². The van der Waals surface area contributed by atoms with Crippen LogP contribution in [0.15, 0.2) is 5.38 Å². The molecule has 0 aliphatic rings. The monoisotopic (exact) mass is 326 g/mol. The summed E-state index contributed by atoms with van der Waals surface area (Å²) in [4.78, 5) is 10.3. The summed E-state index contributed by atoms with van der Waals surface area (Å²) < 4.78 is 3.17. The van der Waals surface area contributed by atoms with Gasteiger partial charge in [-0.3, -0.25) is 4.79 Å². The van der Waals surface area contributed by atoms with Crippen LogP contribution in [-0.2, 0) is 9.53 Å². The maximum Gasteiger partial charge on any atom is 0.293 e. The van der Waals surface area contributed by atoms with E-state index in [-0.39, 0.29) is 6.47 Å². The number of rotatable bonds is 3. The molecule has 0 spiro atoms. The number of carbonyl (C=O) groups excluding carboxylic acids is 1. The largest absolute Gasteiger partial charge is 0.455 e. The smallest absolute Gasteiger partial charge is 0.293 e. The highest BCUT2D eigenvalue weighted by Crippen LogP contribution is 2.48. The molecule has 84 valence electrons. The van der Waals surface area contributed by atoms with Gasteiger partial charge in [-0.05, 0) is 0 Å². The predicted octanol–water partition coefficient (Wildman–Crippen LogP) is 4.64. The van der Waals surface area contributed by atoms with Crippen molar-refractivity contribution < 1.29 is 9.53 Å². The molecule has 1 atom stereocenters. The fourth-order valence-corrected chi connectivity index (χ4v) is 2.84. The summed E-state index contributed by atoms with van der Waals surface area (Å²) in [6.45, 7) is 0.177. The summed E-state index contributed by atoms with van der Waals surface area (Å²) in [5, 5.41) is 1.86. The maximum absolute atomic E-state index is 10.3. The topological polar surface area (TPSA) is 26.3 Å². The highest BCUT2D eigenvalue weighted by molar-refractivity contribution is 7.15. The molecule has 0 fully saturated rings. The highest BCUT2D eigenvalue weighted by atomic mass is 35.6. The van der Waals surface area contributed by atoms with E-state index in [9.17, 15) is 4.79 Å². The molecule has 1 aromatic heterocycles. The van der Waals surface area contributed by atoms with Gasteiger partial charge < -0.3 is 4.74 Å². The molecule has 0 saturated heterocycles. The molecule has 0 bridgehead atoms. The van der Waals surface area contributed by atoms with Crippen molar-refractivity contribution in [1.29, 1.82) is 0 Å². The Kier molecular flexibility index (Phi) is 4.84. The van der Waals surface area contributed by atoms with Crippen LogP contribution in [0.1, 0.15) is 11.7 Å². The second-order valence-corrected chi connectivity index (χ2v) is 6.68. The van der Waals surface area contributed by atoms with Gasteiger partial charge in [0.25, 0.3) is 6.47 Å². The number of halogens is 5. The first kappa shape index (κ1) is 13.7. The Morgan fingerprint density at radius 2 is 2.00 bits per heavy atom. The molecule has 1 aromatic rings. The van der Waals surface area contributed by atoms with Crippen molar-refractivity contribution in [2.75, 3.05) is 0 Å². The number of hydrogen-bond donors (Lipinski definition) is 0. The van der Waals surface area contributed by atoms with Gasteiger partial charge in [0.2, 0.25) is 3.79 Å². The molecular weight excluding hydrogens is 325 g/mol. The lowest BCUT2D eigenvalue weighted by Gasteiger charge is -2.22. The molecule has 0 aliphatic carbocycles. The lowest BCUT2D eigenvalue weighted by Crippen LogP contribution is -2.20. The van der Waals surface area contributed by atoms with Crippen LogP contribution in [0.5, 0.6) is 0 Å². The van der Waals surface area contributed by atoms with Gasteiger partial charge in [0, 0.05) is 10.9 Å². The number of thiophene rings is 1. The molecule has 1 rings (SSSR count). The molecule has 2 nitrogen and oxygen atoms in total. The number of alkyl halides is 3. The fraction of sp³-hybridized carbons (Fsp3) is 0.286. The van der Waals surface area contributed by atoms with Gasteiger partial charge in [-0.1, -0.05) is 58.0 Å². The molecular formula is C7H3Cl5O2S. The Bertz CT molecular complexity index is 339. The third-order valence-corrected chi connectivity index (χ3v) is 3.77. The summed E-state index contributed by atoms with van der Waals surface area (Å²) in [5.41, 5.74) is 0.301. The molecule has 15 heavy (non-hydrogen) atoms. The van der Waals surface area contributed by atoms with Crippen LogP contribution in [0.3, 0.4) is 0 Å². The highest BCUT2D eigenvalue weighted by Gasteiger charge is 2.39. The molecule has 0 radical (unpaired) electrons. The summed E-state index contributed by atoms with van der Waals surface area (Å²) in [7, 11) is 0. The normalized spacial score (nSPS) is 13.7. The number of hydrogen-bond acceptors (Lipinski definition) is 3. The summed E-state index contributed by atoms with van der Waals surface area (Å²) >= 11 is 29.8. The van der Waals surface area contributed by atoms with E-state index in [1.165, 1.54) is 0 Å². The number of carbonyl (C=O) groups is 1. The van der Waals surface area contributed by atoms with Gasteiger partial charge in [0.05, 0.1) is 5.02 Å². The summed E-state index contributed by atoms with van der Waals surface area (Å²) in [6.07, 6.45) is -1.12. The van der Waals surface area contributed by atoms with E-state index in [4.69, 9.17) is 58.0 Å². The molecule has 0 saturated carbocycles. The second-order valence-electron chi connectivity index (χ2n) is 2.42. The van der Waals surface area contributed by atoms with Gasteiger partial charge >= 0.3 is 0 Å². The van der Waals surface area contributed by atoms with Crippen LogP contribution in [0, 0.1) is 0 Å². The quantitative estimate of drug-likeness (QED) is 0.597. The fourth-order valence-electron chi connectivity index (χ4n) is 0.917. The number of ether oxygens (including phenoxy) is 1. The molecule has 0 aliphatic heterocycles. The van der Waals surface area contributed by atoms with Crippen molar-refractivity contribution >= 4 is 75.8 Å². The van der Waals surface area contributed by atoms with Crippen molar-refractivity contribution in [1.82, 2.24) is 0 Å². The summed E-state index contributed by atoms with van der Waals surface area (Å²) in [6, 6.07) is 0. The average molecular weight is 328 g/mol. The zero-order valence-corrected chi connectivity index (χ0v) is 11.4. The van der Waals surface area contributed by atoms with Crippen molar-refractivity contribution in [2.24, 2.45) is 0 Å². The van der Waals surface area contributed by atoms with Crippen LogP contribution >= 0.6 is 69.3 Å². The molecule has 0 N–H and O–H groups in total. The van der Waals surface area contributed by atoms with Gasteiger partial charge in [0.15, 0.2) is 6.10 Å². The van der Waals surface area contributed by atoms with Crippen molar-refractivity contribution in [3.05, 3.63) is 20.3 Å². The minimum atomic E-state index is -1.82. The maximum atomic E-state index is 10.3. The SMILES string of the molecule is O=COC(c1c(Cl)csc1Cl)C(Cl)(Cl)Cl. The molecule has 1 unspecified atom stereocenters. The Morgan fingerprint density at radius 1 is 1.40 bits per heavy atom. The van der Waals surface area contributed by atoms with E-state index in [2.05, 4.69) is 4.74 Å². The Morgan fingerprint density at radius 3 is 2.33 bits per heavy atom. The van der Waals surface area contributed by atoms with Crippen molar-refractivity contribution in [2.45, 2.75) is 9.90 Å². The summed E-state index contributed by atoms with van der Waals surface area (Å²) in [5.74, 6) is 0. The van der Waals surface area contributed by atoms with Crippen LogP contribution in [0.2, 0.25) is 9.36 Å². The lowest BCUT2D eigenvalue weighted by atomic mass is 10.2. The first-order valence-corrected chi connectivity index (χ1v) is 6.23. The Hall–Kier alpha value is 0.620. The second kappa shape index (κ2) is 5.30. The van der Waals surface area contributed by atoms with Crippen LogP contribution in [0.25, 0.3) is 0 Å².